The Hall–Kier alpha value is -2.36. The summed E-state index contributed by atoms with van der Waals surface area (Å²) in [5.74, 6) is 0.172. The van der Waals surface area contributed by atoms with Gasteiger partial charge in [0.05, 0.1) is 5.69 Å². The quantitative estimate of drug-likeness (QED) is 0.411. The second-order valence-corrected chi connectivity index (χ2v) is 6.31. The Morgan fingerprint density at radius 3 is 1.96 bits per heavy atom. The largest absolute Gasteiger partial charge is 0.508 e. The molecule has 0 radical (unpaired) electrons. The summed E-state index contributed by atoms with van der Waals surface area (Å²) in [6.07, 6.45) is 0.498. The van der Waals surface area contributed by atoms with Crippen molar-refractivity contribution >= 4 is 34.6 Å². The smallest absolute Gasteiger partial charge is 0.139 e. The van der Waals surface area contributed by atoms with Crippen molar-refractivity contribution in [2.24, 2.45) is 0 Å². The van der Waals surface area contributed by atoms with Gasteiger partial charge in [0.2, 0.25) is 0 Å². The minimum Gasteiger partial charge on any atom is -0.508 e. The van der Waals surface area contributed by atoms with Crippen molar-refractivity contribution in [3.8, 4) is 11.5 Å². The Labute approximate surface area is 150 Å². The first-order valence-electron chi connectivity index (χ1n) is 7.33. The topological polar surface area (TPSA) is 52.5 Å². The van der Waals surface area contributed by atoms with Gasteiger partial charge in [-0.15, -0.1) is 0 Å². The van der Waals surface area contributed by atoms with Crippen LogP contribution in [0.3, 0.4) is 0 Å². The zero-order valence-electron chi connectivity index (χ0n) is 12.6. The number of nitrogens with one attached hydrogen (secondary N) is 1. The third-order valence-electron chi connectivity index (χ3n) is 3.63. The van der Waals surface area contributed by atoms with Gasteiger partial charge in [0, 0.05) is 33.8 Å². The highest BCUT2D eigenvalue weighted by Gasteiger charge is 2.10. The fourth-order valence-corrected chi connectivity index (χ4v) is 2.62. The van der Waals surface area contributed by atoms with E-state index in [0.29, 0.717) is 27.7 Å². The second-order valence-electron chi connectivity index (χ2n) is 5.43. The minimum absolute atomic E-state index is 0.0618. The van der Waals surface area contributed by atoms with Crippen molar-refractivity contribution in [3.05, 3.63) is 81.8 Å². The van der Waals surface area contributed by atoms with Gasteiger partial charge in [-0.3, -0.25) is 0 Å². The molecule has 0 heterocycles. The van der Waals surface area contributed by atoms with Crippen molar-refractivity contribution in [1.29, 1.82) is 0 Å². The van der Waals surface area contributed by atoms with Gasteiger partial charge in [-0.05, 0) is 48.0 Å². The third kappa shape index (κ3) is 3.94. The standard InChI is InChI=1S/C19H15Cl2NO2/c20-14-3-1-12(2-4-14)9-13-10-19(24)17(11-18(13)23)22-16-7-5-15(21)6-8-16/h1-8,10-11,22-24H,9H2. The summed E-state index contributed by atoms with van der Waals surface area (Å²) in [5, 5.41) is 24.8. The number of phenols is 2. The van der Waals surface area contributed by atoms with Crippen LogP contribution in [0.5, 0.6) is 11.5 Å². The molecule has 0 saturated heterocycles. The number of hydrogen-bond donors (Lipinski definition) is 3. The van der Waals surface area contributed by atoms with Crippen LogP contribution in [0.15, 0.2) is 60.7 Å². The molecule has 0 fully saturated rings. The van der Waals surface area contributed by atoms with Crippen LogP contribution >= 0.6 is 23.2 Å². The van der Waals surface area contributed by atoms with Gasteiger partial charge in [0.1, 0.15) is 11.5 Å². The molecule has 0 aliphatic rings. The normalized spacial score (nSPS) is 10.6. The van der Waals surface area contributed by atoms with E-state index < -0.39 is 0 Å². The lowest BCUT2D eigenvalue weighted by Gasteiger charge is -2.12. The van der Waals surface area contributed by atoms with Crippen molar-refractivity contribution in [2.75, 3.05) is 5.32 Å². The van der Waals surface area contributed by atoms with E-state index in [9.17, 15) is 10.2 Å². The summed E-state index contributed by atoms with van der Waals surface area (Å²) in [6.45, 7) is 0. The van der Waals surface area contributed by atoms with Crippen LogP contribution < -0.4 is 5.32 Å². The van der Waals surface area contributed by atoms with E-state index in [-0.39, 0.29) is 11.5 Å². The summed E-state index contributed by atoms with van der Waals surface area (Å²) >= 11 is 11.7. The Kier molecular flexibility index (Phi) is 4.84. The van der Waals surface area contributed by atoms with E-state index in [1.165, 1.54) is 6.07 Å². The monoisotopic (exact) mass is 359 g/mol. The Bertz CT molecular complexity index is 773. The highest BCUT2D eigenvalue weighted by molar-refractivity contribution is 6.30. The van der Waals surface area contributed by atoms with Crippen LogP contribution in [-0.2, 0) is 6.42 Å². The predicted molar refractivity (Wildman–Crippen MR) is 98.8 cm³/mol. The molecule has 0 aliphatic heterocycles. The first kappa shape index (κ1) is 16.5. The van der Waals surface area contributed by atoms with Crippen LogP contribution in [0.25, 0.3) is 0 Å². The number of aromatic hydroxyl groups is 2. The van der Waals surface area contributed by atoms with Gasteiger partial charge in [0.25, 0.3) is 0 Å². The summed E-state index contributed by atoms with van der Waals surface area (Å²) in [6, 6.07) is 17.5. The summed E-state index contributed by atoms with van der Waals surface area (Å²) in [5.41, 5.74) is 2.82. The van der Waals surface area contributed by atoms with Crippen molar-refractivity contribution in [3.63, 3.8) is 0 Å². The number of anilines is 2. The van der Waals surface area contributed by atoms with Crippen LogP contribution in [0.1, 0.15) is 11.1 Å². The van der Waals surface area contributed by atoms with Crippen LogP contribution in [0, 0.1) is 0 Å². The maximum Gasteiger partial charge on any atom is 0.139 e. The Balaban J connectivity index is 1.82. The van der Waals surface area contributed by atoms with E-state index in [1.807, 2.05) is 12.1 Å². The number of hydrogen-bond acceptors (Lipinski definition) is 3. The minimum atomic E-state index is 0.0618. The van der Waals surface area contributed by atoms with E-state index in [1.54, 1.807) is 42.5 Å². The van der Waals surface area contributed by atoms with Gasteiger partial charge in [-0.2, -0.15) is 0 Å². The lowest BCUT2D eigenvalue weighted by atomic mass is 10.0. The van der Waals surface area contributed by atoms with Gasteiger partial charge in [-0.1, -0.05) is 35.3 Å². The molecule has 3 aromatic carbocycles. The number of rotatable bonds is 4. The van der Waals surface area contributed by atoms with Crippen molar-refractivity contribution < 1.29 is 10.2 Å². The molecule has 0 unspecified atom stereocenters. The summed E-state index contributed by atoms with van der Waals surface area (Å²) in [7, 11) is 0. The van der Waals surface area contributed by atoms with Gasteiger partial charge in [-0.25, -0.2) is 0 Å². The molecule has 0 spiro atoms. The highest BCUT2D eigenvalue weighted by Crippen LogP contribution is 2.34. The molecule has 3 rings (SSSR count). The molecule has 0 aromatic heterocycles. The molecule has 3 N–H and O–H groups in total. The maximum absolute atomic E-state index is 10.3. The molecule has 0 aliphatic carbocycles. The molecule has 0 atom stereocenters. The molecule has 0 saturated carbocycles. The van der Waals surface area contributed by atoms with Gasteiger partial charge in [0.15, 0.2) is 0 Å². The van der Waals surface area contributed by atoms with Crippen molar-refractivity contribution in [2.45, 2.75) is 6.42 Å². The molecule has 122 valence electrons. The average Bonchev–Trinajstić information content (AvgIpc) is 2.56. The fourth-order valence-electron chi connectivity index (χ4n) is 2.37. The molecular weight excluding hydrogens is 345 g/mol. The molecule has 3 nitrogen and oxygen atoms in total. The first-order chi connectivity index (χ1) is 11.5. The molecule has 3 aromatic rings. The molecule has 5 heteroatoms. The van der Waals surface area contributed by atoms with E-state index in [2.05, 4.69) is 5.32 Å². The zero-order chi connectivity index (χ0) is 17.1. The van der Waals surface area contributed by atoms with Gasteiger partial charge >= 0.3 is 0 Å². The third-order valence-corrected chi connectivity index (χ3v) is 4.13. The SMILES string of the molecule is Oc1cc(Nc2ccc(Cl)cc2)c(O)cc1Cc1ccc(Cl)cc1. The second kappa shape index (κ2) is 7.04. The highest BCUT2D eigenvalue weighted by atomic mass is 35.5. The van der Waals surface area contributed by atoms with Crippen molar-refractivity contribution in [1.82, 2.24) is 0 Å². The fraction of sp³-hybridized carbons (Fsp3) is 0.0526. The predicted octanol–water partition coefficient (Wildman–Crippen LogP) is 5.74. The average molecular weight is 360 g/mol. The maximum atomic E-state index is 10.3. The summed E-state index contributed by atoms with van der Waals surface area (Å²) < 4.78 is 0. The molecule has 24 heavy (non-hydrogen) atoms. The van der Waals surface area contributed by atoms with E-state index in [0.717, 1.165) is 11.3 Å². The number of benzene rings is 3. The van der Waals surface area contributed by atoms with E-state index in [4.69, 9.17) is 23.2 Å². The van der Waals surface area contributed by atoms with Gasteiger partial charge < -0.3 is 15.5 Å². The number of halogens is 2. The molecule has 0 bridgehead atoms. The lowest BCUT2D eigenvalue weighted by molar-refractivity contribution is 0.457. The van der Waals surface area contributed by atoms with E-state index >= 15 is 0 Å². The summed E-state index contributed by atoms with van der Waals surface area (Å²) in [4.78, 5) is 0. The Morgan fingerprint density at radius 1 is 0.750 bits per heavy atom. The number of phenolic OH excluding ortho intramolecular Hbond substituents is 2. The Morgan fingerprint density at radius 2 is 1.33 bits per heavy atom. The van der Waals surface area contributed by atoms with Crippen LogP contribution in [0.4, 0.5) is 11.4 Å². The lowest BCUT2D eigenvalue weighted by Crippen LogP contribution is -1.94. The molecular formula is C19H15Cl2NO2. The van der Waals surface area contributed by atoms with Crippen LogP contribution in [0.2, 0.25) is 10.0 Å². The molecule has 0 amide bonds. The first-order valence-corrected chi connectivity index (χ1v) is 8.09. The zero-order valence-corrected chi connectivity index (χ0v) is 14.1. The van der Waals surface area contributed by atoms with Crippen LogP contribution in [-0.4, -0.2) is 10.2 Å².